The van der Waals surface area contributed by atoms with Crippen molar-refractivity contribution in [2.24, 2.45) is 0 Å². The number of nitrogens with zero attached hydrogens (tertiary/aromatic N) is 1. The van der Waals surface area contributed by atoms with Crippen molar-refractivity contribution >= 4 is 17.0 Å². The van der Waals surface area contributed by atoms with E-state index in [2.05, 4.69) is 9.97 Å². The van der Waals surface area contributed by atoms with Crippen molar-refractivity contribution in [1.82, 2.24) is 9.97 Å². The van der Waals surface area contributed by atoms with Crippen LogP contribution < -0.4 is 10.2 Å². The molecule has 2 N–H and O–H groups in total. The molecule has 0 bridgehead atoms. The van der Waals surface area contributed by atoms with Crippen LogP contribution in [-0.2, 0) is 11.2 Å². The first-order valence-corrected chi connectivity index (χ1v) is 7.14. The summed E-state index contributed by atoms with van der Waals surface area (Å²) in [5, 5.41) is 10.2. The van der Waals surface area contributed by atoms with E-state index in [1.165, 1.54) is 6.20 Å². The van der Waals surface area contributed by atoms with Crippen LogP contribution in [0.15, 0.2) is 11.0 Å². The van der Waals surface area contributed by atoms with Crippen molar-refractivity contribution in [2.45, 2.75) is 26.4 Å². The summed E-state index contributed by atoms with van der Waals surface area (Å²) in [4.78, 5) is 31.6. The van der Waals surface area contributed by atoms with Gasteiger partial charge in [-0.2, -0.15) is 0 Å². The third-order valence-corrected chi connectivity index (χ3v) is 3.65. The van der Waals surface area contributed by atoms with E-state index in [4.69, 9.17) is 9.47 Å². The van der Waals surface area contributed by atoms with Gasteiger partial charge in [-0.25, -0.2) is 9.78 Å². The van der Waals surface area contributed by atoms with Gasteiger partial charge >= 0.3 is 5.97 Å². The maximum atomic E-state index is 12.6. The van der Waals surface area contributed by atoms with E-state index in [0.29, 0.717) is 34.5 Å². The maximum Gasteiger partial charge on any atom is 0.343 e. The van der Waals surface area contributed by atoms with Crippen LogP contribution in [-0.4, -0.2) is 34.3 Å². The number of carbonyl (C=O) groups is 1. The number of nitrogens with one attached hydrogen (secondary N) is 1. The zero-order valence-electron chi connectivity index (χ0n) is 12.3. The van der Waals surface area contributed by atoms with Crippen LogP contribution in [0.25, 0.3) is 11.0 Å². The van der Waals surface area contributed by atoms with Crippen LogP contribution in [0.1, 0.15) is 41.6 Å². The molecule has 7 nitrogen and oxygen atoms in total. The Balaban J connectivity index is 2.31. The van der Waals surface area contributed by atoms with Gasteiger partial charge in [-0.15, -0.1) is 0 Å². The highest BCUT2D eigenvalue weighted by Crippen LogP contribution is 2.36. The lowest BCUT2D eigenvalue weighted by Gasteiger charge is -2.10. The Morgan fingerprint density at radius 3 is 3.00 bits per heavy atom. The molecule has 0 saturated carbocycles. The smallest absolute Gasteiger partial charge is 0.343 e. The van der Waals surface area contributed by atoms with Gasteiger partial charge < -0.3 is 19.6 Å². The number of H-pyrrole nitrogens is 1. The fourth-order valence-corrected chi connectivity index (χ4v) is 2.65. The summed E-state index contributed by atoms with van der Waals surface area (Å²) in [6.07, 6.45) is 1.01. The number of aryl methyl sites for hydroxylation is 1. The number of ether oxygens (including phenoxy) is 2. The Morgan fingerprint density at radius 2 is 2.32 bits per heavy atom. The predicted molar refractivity (Wildman–Crippen MR) is 78.2 cm³/mol. The van der Waals surface area contributed by atoms with Crippen LogP contribution in [0.5, 0.6) is 5.75 Å². The number of fused-ring (bicyclic) bond motifs is 2. The largest absolute Gasteiger partial charge is 0.488 e. The molecule has 0 aromatic carbocycles. The highest BCUT2D eigenvalue weighted by atomic mass is 16.5. The molecular weight excluding hydrogens is 288 g/mol. The summed E-state index contributed by atoms with van der Waals surface area (Å²) >= 11 is 0. The van der Waals surface area contributed by atoms with Crippen molar-refractivity contribution in [3.63, 3.8) is 0 Å². The van der Waals surface area contributed by atoms with Gasteiger partial charge in [-0.05, 0) is 13.3 Å². The summed E-state index contributed by atoms with van der Waals surface area (Å²) in [6.45, 7) is 3.85. The molecular formula is C15H16N2O5. The normalized spacial score (nSPS) is 16.4. The lowest BCUT2D eigenvalue weighted by molar-refractivity contribution is 0.0524. The number of aliphatic hydroxyl groups is 1. The molecule has 3 heterocycles. The lowest BCUT2D eigenvalue weighted by Crippen LogP contribution is -2.20. The molecule has 0 spiro atoms. The van der Waals surface area contributed by atoms with Crippen LogP contribution in [0, 0.1) is 0 Å². The quantitative estimate of drug-likeness (QED) is 0.823. The van der Waals surface area contributed by atoms with E-state index < -0.39 is 17.5 Å². The number of rotatable bonds is 3. The van der Waals surface area contributed by atoms with Gasteiger partial charge in [0.1, 0.15) is 35.4 Å². The van der Waals surface area contributed by atoms with Crippen LogP contribution in [0.4, 0.5) is 0 Å². The number of aromatic nitrogens is 2. The molecule has 0 aliphatic carbocycles. The predicted octanol–water partition coefficient (Wildman–Crippen LogP) is 1.09. The highest BCUT2D eigenvalue weighted by Gasteiger charge is 2.29. The minimum atomic E-state index is -0.807. The van der Waals surface area contributed by atoms with Crippen molar-refractivity contribution < 1.29 is 19.4 Å². The molecule has 0 unspecified atom stereocenters. The number of esters is 1. The SMILES string of the molecule is CCOC(=O)c1c[nH]c2nc3c(c(CC)c2c1=O)OC[C@H]3O. The summed E-state index contributed by atoms with van der Waals surface area (Å²) in [5.74, 6) is -0.233. The van der Waals surface area contributed by atoms with Gasteiger partial charge in [-0.3, -0.25) is 4.79 Å². The fraction of sp³-hybridized carbons (Fsp3) is 0.400. The molecule has 0 radical (unpaired) electrons. The van der Waals surface area contributed by atoms with Crippen LogP contribution in [0.2, 0.25) is 0 Å². The number of carbonyl (C=O) groups excluding carboxylic acids is 1. The third kappa shape index (κ3) is 2.05. The Bertz CT molecular complexity index is 812. The van der Waals surface area contributed by atoms with E-state index in [0.717, 1.165) is 0 Å². The molecule has 7 heteroatoms. The van der Waals surface area contributed by atoms with Crippen molar-refractivity contribution in [3.05, 3.63) is 33.2 Å². The van der Waals surface area contributed by atoms with Gasteiger partial charge in [0.15, 0.2) is 0 Å². The van der Waals surface area contributed by atoms with Crippen molar-refractivity contribution in [3.8, 4) is 5.75 Å². The van der Waals surface area contributed by atoms with E-state index in [1.54, 1.807) is 6.92 Å². The number of pyridine rings is 2. The zero-order chi connectivity index (χ0) is 15.9. The molecule has 1 aliphatic heterocycles. The average Bonchev–Trinajstić information content (AvgIpc) is 2.87. The summed E-state index contributed by atoms with van der Waals surface area (Å²) < 4.78 is 10.4. The van der Waals surface area contributed by atoms with Crippen molar-refractivity contribution in [1.29, 1.82) is 0 Å². The van der Waals surface area contributed by atoms with E-state index in [1.807, 2.05) is 6.92 Å². The number of hydrogen-bond acceptors (Lipinski definition) is 6. The van der Waals surface area contributed by atoms with Gasteiger partial charge in [0.2, 0.25) is 5.43 Å². The zero-order valence-corrected chi connectivity index (χ0v) is 12.3. The van der Waals surface area contributed by atoms with Gasteiger partial charge in [0.05, 0.1) is 12.0 Å². The second-order valence-electron chi connectivity index (χ2n) is 4.96. The monoisotopic (exact) mass is 304 g/mol. The molecule has 22 heavy (non-hydrogen) atoms. The van der Waals surface area contributed by atoms with Gasteiger partial charge in [0.25, 0.3) is 0 Å². The molecule has 1 atom stereocenters. The summed E-state index contributed by atoms with van der Waals surface area (Å²) in [7, 11) is 0. The molecule has 0 fully saturated rings. The molecule has 116 valence electrons. The van der Waals surface area contributed by atoms with Crippen molar-refractivity contribution in [2.75, 3.05) is 13.2 Å². The molecule has 1 aliphatic rings. The van der Waals surface area contributed by atoms with Gasteiger partial charge in [0, 0.05) is 11.8 Å². The molecule has 2 aromatic rings. The third-order valence-electron chi connectivity index (χ3n) is 3.65. The second-order valence-corrected chi connectivity index (χ2v) is 4.96. The summed E-state index contributed by atoms with van der Waals surface area (Å²) in [6, 6.07) is 0. The topological polar surface area (TPSA) is 102 Å². The first-order chi connectivity index (χ1) is 10.6. The standard InChI is InChI=1S/C15H16N2O5/c1-3-7-10-12(19)8(15(20)21-4-2)5-16-14(10)17-11-9(18)6-22-13(7)11/h5,9,18H,3-4,6H2,1-2H3,(H,16,17,19)/t9-/m1/s1. The first kappa shape index (κ1) is 14.5. The van der Waals surface area contributed by atoms with Crippen LogP contribution in [0.3, 0.4) is 0 Å². The minimum Gasteiger partial charge on any atom is -0.488 e. The number of aromatic amines is 1. The highest BCUT2D eigenvalue weighted by molar-refractivity contribution is 5.94. The minimum absolute atomic E-state index is 0.0654. The second kappa shape index (κ2) is 5.42. The Kier molecular flexibility index (Phi) is 3.58. The average molecular weight is 304 g/mol. The Labute approximate surface area is 125 Å². The maximum absolute atomic E-state index is 12.6. The molecule has 2 aromatic heterocycles. The van der Waals surface area contributed by atoms with E-state index in [-0.39, 0.29) is 18.8 Å². The van der Waals surface area contributed by atoms with Gasteiger partial charge in [-0.1, -0.05) is 6.92 Å². The Hall–Kier alpha value is -2.41. The first-order valence-electron chi connectivity index (χ1n) is 7.14. The number of aliphatic hydroxyl groups excluding tert-OH is 1. The molecule has 0 saturated heterocycles. The van der Waals surface area contributed by atoms with Crippen LogP contribution >= 0.6 is 0 Å². The molecule has 0 amide bonds. The number of hydrogen-bond donors (Lipinski definition) is 2. The molecule has 3 rings (SSSR count). The van der Waals surface area contributed by atoms with E-state index in [9.17, 15) is 14.7 Å². The summed E-state index contributed by atoms with van der Waals surface area (Å²) in [5.41, 5.74) is 0.889. The fourth-order valence-electron chi connectivity index (χ4n) is 2.65. The Morgan fingerprint density at radius 1 is 1.55 bits per heavy atom. The lowest BCUT2D eigenvalue weighted by atomic mass is 10.0. The van der Waals surface area contributed by atoms with E-state index >= 15 is 0 Å².